The first-order chi connectivity index (χ1) is 11.8. The molecule has 3 rings (SSSR count). The first kappa shape index (κ1) is 16.3. The van der Waals surface area contributed by atoms with Crippen LogP contribution in [0, 0.1) is 0 Å². The van der Waals surface area contributed by atoms with Crippen molar-refractivity contribution in [1.82, 2.24) is 15.1 Å². The third-order valence-electron chi connectivity index (χ3n) is 4.18. The fourth-order valence-corrected chi connectivity index (χ4v) is 2.78. The van der Waals surface area contributed by atoms with Gasteiger partial charge in [0.1, 0.15) is 5.75 Å². The normalized spacial score (nSPS) is 12.1. The topological polar surface area (TPSA) is 39.1 Å². The zero-order valence-corrected chi connectivity index (χ0v) is 14.1. The molecule has 1 atom stereocenters. The molecule has 3 aromatic rings. The lowest BCUT2D eigenvalue weighted by atomic mass is 10.0. The molecule has 0 amide bonds. The van der Waals surface area contributed by atoms with Crippen LogP contribution in [0.4, 0.5) is 0 Å². The van der Waals surface area contributed by atoms with Gasteiger partial charge in [-0.2, -0.15) is 5.10 Å². The lowest BCUT2D eigenvalue weighted by Crippen LogP contribution is -2.23. The smallest absolute Gasteiger partial charge is 0.126 e. The molecular weight excluding hydrogens is 298 g/mol. The molecule has 24 heavy (non-hydrogen) atoms. The van der Waals surface area contributed by atoms with Crippen LogP contribution in [0.2, 0.25) is 0 Å². The van der Waals surface area contributed by atoms with E-state index in [1.165, 1.54) is 11.1 Å². The number of hydrogen-bond donors (Lipinski definition) is 1. The van der Waals surface area contributed by atoms with E-state index in [1.54, 1.807) is 13.3 Å². The van der Waals surface area contributed by atoms with Crippen molar-refractivity contribution in [2.75, 3.05) is 13.7 Å². The third-order valence-corrected chi connectivity index (χ3v) is 4.18. The molecule has 0 saturated heterocycles. The van der Waals surface area contributed by atoms with Gasteiger partial charge >= 0.3 is 0 Å². The van der Waals surface area contributed by atoms with Gasteiger partial charge in [-0.1, -0.05) is 42.5 Å². The van der Waals surface area contributed by atoms with Crippen LogP contribution in [0.1, 0.15) is 18.5 Å². The molecule has 0 aliphatic carbocycles. The molecule has 0 fully saturated rings. The largest absolute Gasteiger partial charge is 0.496 e. The van der Waals surface area contributed by atoms with E-state index in [9.17, 15) is 0 Å². The second kappa shape index (κ2) is 7.79. The highest BCUT2D eigenvalue weighted by Crippen LogP contribution is 2.30. The van der Waals surface area contributed by atoms with Crippen molar-refractivity contribution in [1.29, 1.82) is 0 Å². The predicted molar refractivity (Wildman–Crippen MR) is 97.1 cm³/mol. The Morgan fingerprint density at radius 3 is 2.58 bits per heavy atom. The number of rotatable bonds is 7. The summed E-state index contributed by atoms with van der Waals surface area (Å²) in [6.45, 7) is 3.94. The summed E-state index contributed by atoms with van der Waals surface area (Å²) in [4.78, 5) is 0. The summed E-state index contributed by atoms with van der Waals surface area (Å²) in [6, 6.07) is 19.0. The number of ether oxygens (including phenoxy) is 1. The molecule has 4 nitrogen and oxygen atoms in total. The number of benzene rings is 2. The Morgan fingerprint density at radius 1 is 1.08 bits per heavy atom. The standard InChI is InChI=1S/C20H23N3O/c1-16(21-13-15-23-14-5-12-22-23)17-8-10-18(11-9-17)19-6-3-4-7-20(19)24-2/h3-12,14,16,21H,13,15H2,1-2H3. The molecule has 0 aliphatic rings. The molecule has 0 spiro atoms. The second-order valence-electron chi connectivity index (χ2n) is 5.77. The summed E-state index contributed by atoms with van der Waals surface area (Å²) in [5, 5.41) is 7.75. The number of methoxy groups -OCH3 is 1. The number of nitrogens with one attached hydrogen (secondary N) is 1. The fraction of sp³-hybridized carbons (Fsp3) is 0.250. The van der Waals surface area contributed by atoms with Gasteiger partial charge in [-0.15, -0.1) is 0 Å². The Bertz CT molecular complexity index is 751. The third kappa shape index (κ3) is 3.84. The molecule has 0 saturated carbocycles. The Labute approximate surface area is 143 Å². The lowest BCUT2D eigenvalue weighted by Gasteiger charge is -2.15. The van der Waals surface area contributed by atoms with Crippen molar-refractivity contribution in [2.24, 2.45) is 0 Å². The van der Waals surface area contributed by atoms with Gasteiger partial charge in [0, 0.05) is 30.5 Å². The molecule has 0 radical (unpaired) electrons. The highest BCUT2D eigenvalue weighted by molar-refractivity contribution is 5.70. The predicted octanol–water partition coefficient (Wildman–Crippen LogP) is 3.91. The summed E-state index contributed by atoms with van der Waals surface area (Å²) in [5.41, 5.74) is 3.56. The maximum Gasteiger partial charge on any atom is 0.126 e. The molecule has 0 aliphatic heterocycles. The van der Waals surface area contributed by atoms with Crippen LogP contribution < -0.4 is 10.1 Å². The van der Waals surface area contributed by atoms with Crippen molar-refractivity contribution in [3.05, 3.63) is 72.6 Å². The maximum absolute atomic E-state index is 5.45. The Morgan fingerprint density at radius 2 is 1.88 bits per heavy atom. The van der Waals surface area contributed by atoms with Crippen LogP contribution in [-0.2, 0) is 6.54 Å². The summed E-state index contributed by atoms with van der Waals surface area (Å²) >= 11 is 0. The van der Waals surface area contributed by atoms with Crippen LogP contribution in [0.3, 0.4) is 0 Å². The van der Waals surface area contributed by atoms with Crippen molar-refractivity contribution < 1.29 is 4.74 Å². The molecule has 2 aromatic carbocycles. The highest BCUT2D eigenvalue weighted by Gasteiger charge is 2.07. The SMILES string of the molecule is COc1ccccc1-c1ccc(C(C)NCCn2cccn2)cc1. The van der Waals surface area contributed by atoms with E-state index in [0.717, 1.165) is 24.4 Å². The number of hydrogen-bond acceptors (Lipinski definition) is 3. The van der Waals surface area contributed by atoms with Crippen molar-refractivity contribution >= 4 is 0 Å². The molecular formula is C20H23N3O. The van der Waals surface area contributed by atoms with E-state index in [4.69, 9.17) is 4.74 Å². The summed E-state index contributed by atoms with van der Waals surface area (Å²) < 4.78 is 7.38. The highest BCUT2D eigenvalue weighted by atomic mass is 16.5. The van der Waals surface area contributed by atoms with E-state index in [1.807, 2.05) is 35.1 Å². The first-order valence-corrected chi connectivity index (χ1v) is 8.22. The molecule has 1 N–H and O–H groups in total. The van der Waals surface area contributed by atoms with E-state index in [-0.39, 0.29) is 0 Å². The van der Waals surface area contributed by atoms with Gasteiger partial charge in [-0.3, -0.25) is 4.68 Å². The molecule has 1 unspecified atom stereocenters. The zero-order valence-electron chi connectivity index (χ0n) is 14.1. The van der Waals surface area contributed by atoms with Crippen LogP contribution in [0.15, 0.2) is 67.0 Å². The first-order valence-electron chi connectivity index (χ1n) is 8.22. The quantitative estimate of drug-likeness (QED) is 0.717. The average Bonchev–Trinajstić information content (AvgIpc) is 3.15. The average molecular weight is 321 g/mol. The number of nitrogens with zero attached hydrogens (tertiary/aromatic N) is 2. The Kier molecular flexibility index (Phi) is 5.29. The van der Waals surface area contributed by atoms with Crippen LogP contribution in [0.25, 0.3) is 11.1 Å². The van der Waals surface area contributed by atoms with Crippen molar-refractivity contribution in [2.45, 2.75) is 19.5 Å². The Balaban J connectivity index is 1.63. The van der Waals surface area contributed by atoms with E-state index in [2.05, 4.69) is 47.7 Å². The summed E-state index contributed by atoms with van der Waals surface area (Å²) in [5.74, 6) is 0.899. The Hall–Kier alpha value is -2.59. The molecule has 124 valence electrons. The van der Waals surface area contributed by atoms with Crippen LogP contribution in [0.5, 0.6) is 5.75 Å². The monoisotopic (exact) mass is 321 g/mol. The fourth-order valence-electron chi connectivity index (χ4n) is 2.78. The van der Waals surface area contributed by atoms with Gasteiger partial charge in [0.25, 0.3) is 0 Å². The van der Waals surface area contributed by atoms with Gasteiger partial charge in [0.15, 0.2) is 0 Å². The van der Waals surface area contributed by atoms with Crippen LogP contribution in [-0.4, -0.2) is 23.4 Å². The van der Waals surface area contributed by atoms with Crippen LogP contribution >= 0.6 is 0 Å². The summed E-state index contributed by atoms with van der Waals surface area (Å²) in [7, 11) is 1.71. The minimum atomic E-state index is 0.298. The molecule has 0 bridgehead atoms. The molecule has 1 aromatic heterocycles. The van der Waals surface area contributed by atoms with E-state index < -0.39 is 0 Å². The van der Waals surface area contributed by atoms with Gasteiger partial charge in [-0.25, -0.2) is 0 Å². The molecule has 4 heteroatoms. The second-order valence-corrected chi connectivity index (χ2v) is 5.77. The zero-order chi connectivity index (χ0) is 16.8. The number of aromatic nitrogens is 2. The molecule has 1 heterocycles. The van der Waals surface area contributed by atoms with Gasteiger partial charge < -0.3 is 10.1 Å². The van der Waals surface area contributed by atoms with Gasteiger partial charge in [0.05, 0.1) is 13.7 Å². The lowest BCUT2D eigenvalue weighted by molar-refractivity contribution is 0.416. The van der Waals surface area contributed by atoms with Gasteiger partial charge in [-0.05, 0) is 30.2 Å². The summed E-state index contributed by atoms with van der Waals surface area (Å²) in [6.07, 6.45) is 3.79. The van der Waals surface area contributed by atoms with Crippen molar-refractivity contribution in [3.8, 4) is 16.9 Å². The maximum atomic E-state index is 5.45. The van der Waals surface area contributed by atoms with Crippen molar-refractivity contribution in [3.63, 3.8) is 0 Å². The van der Waals surface area contributed by atoms with Gasteiger partial charge in [0.2, 0.25) is 0 Å². The minimum absolute atomic E-state index is 0.298. The number of para-hydroxylation sites is 1. The van der Waals surface area contributed by atoms with E-state index in [0.29, 0.717) is 6.04 Å². The van der Waals surface area contributed by atoms with E-state index >= 15 is 0 Å². The minimum Gasteiger partial charge on any atom is -0.496 e.